The summed E-state index contributed by atoms with van der Waals surface area (Å²) in [5, 5.41) is 5.92. The average molecular weight is 279 g/mol. The number of anilines is 2. The fourth-order valence-electron chi connectivity index (χ4n) is 2.14. The minimum absolute atomic E-state index is 0.0899. The van der Waals surface area contributed by atoms with Gasteiger partial charge in [-0.1, -0.05) is 0 Å². The lowest BCUT2D eigenvalue weighted by Gasteiger charge is -2.16. The summed E-state index contributed by atoms with van der Waals surface area (Å²) in [7, 11) is 1.50. The van der Waals surface area contributed by atoms with Crippen molar-refractivity contribution in [2.24, 2.45) is 0 Å². The van der Waals surface area contributed by atoms with E-state index in [9.17, 15) is 4.79 Å². The predicted molar refractivity (Wildman–Crippen MR) is 76.9 cm³/mol. The van der Waals surface area contributed by atoms with Gasteiger partial charge < -0.3 is 20.3 Å². The molecule has 1 aromatic rings. The molecule has 1 aliphatic heterocycles. The summed E-state index contributed by atoms with van der Waals surface area (Å²) >= 11 is 0. The molecule has 2 rings (SSSR count). The maximum absolute atomic E-state index is 11.2. The van der Waals surface area contributed by atoms with Crippen molar-refractivity contribution in [3.8, 4) is 0 Å². The zero-order valence-electron chi connectivity index (χ0n) is 11.8. The first kappa shape index (κ1) is 14.5. The van der Waals surface area contributed by atoms with Crippen LogP contribution in [0.5, 0.6) is 0 Å². The lowest BCUT2D eigenvalue weighted by atomic mass is 10.4. The van der Waals surface area contributed by atoms with Gasteiger partial charge >= 0.3 is 0 Å². The van der Waals surface area contributed by atoms with Crippen LogP contribution in [0.4, 0.5) is 11.6 Å². The van der Waals surface area contributed by atoms with E-state index in [0.29, 0.717) is 13.1 Å². The molecule has 0 bridgehead atoms. The topological polar surface area (TPSA) is 79.4 Å². The van der Waals surface area contributed by atoms with Crippen LogP contribution >= 0.6 is 0 Å². The Morgan fingerprint density at radius 2 is 2.15 bits per heavy atom. The van der Waals surface area contributed by atoms with Crippen molar-refractivity contribution in [3.05, 3.63) is 12.4 Å². The van der Waals surface area contributed by atoms with E-state index < -0.39 is 0 Å². The number of methoxy groups -OCH3 is 1. The highest BCUT2D eigenvalue weighted by molar-refractivity contribution is 5.77. The first-order valence-corrected chi connectivity index (χ1v) is 6.86. The molecule has 0 unspecified atom stereocenters. The third kappa shape index (κ3) is 4.34. The van der Waals surface area contributed by atoms with Crippen molar-refractivity contribution in [2.75, 3.05) is 50.1 Å². The first-order valence-electron chi connectivity index (χ1n) is 6.86. The van der Waals surface area contributed by atoms with Crippen LogP contribution in [0.15, 0.2) is 12.4 Å². The number of carbonyl (C=O) groups is 1. The lowest BCUT2D eigenvalue weighted by Crippen LogP contribution is -2.31. The molecule has 7 heteroatoms. The maximum atomic E-state index is 11.2. The van der Waals surface area contributed by atoms with Gasteiger partial charge in [0.1, 0.15) is 24.6 Å². The van der Waals surface area contributed by atoms with Gasteiger partial charge in [-0.15, -0.1) is 0 Å². The Hall–Kier alpha value is -1.89. The van der Waals surface area contributed by atoms with Crippen molar-refractivity contribution >= 4 is 17.5 Å². The van der Waals surface area contributed by atoms with Gasteiger partial charge in [0.15, 0.2) is 0 Å². The zero-order valence-corrected chi connectivity index (χ0v) is 11.8. The molecule has 1 aliphatic rings. The van der Waals surface area contributed by atoms with E-state index in [1.165, 1.54) is 20.0 Å². The van der Waals surface area contributed by atoms with E-state index in [4.69, 9.17) is 4.74 Å². The molecule has 110 valence electrons. The molecule has 20 heavy (non-hydrogen) atoms. The molecule has 1 amide bonds. The number of rotatable bonds is 7. The van der Waals surface area contributed by atoms with Gasteiger partial charge in [-0.3, -0.25) is 4.79 Å². The smallest absolute Gasteiger partial charge is 0.246 e. The number of aromatic nitrogens is 2. The molecule has 0 saturated carbocycles. The second kappa shape index (κ2) is 7.64. The highest BCUT2D eigenvalue weighted by Crippen LogP contribution is 2.18. The molecule has 1 saturated heterocycles. The van der Waals surface area contributed by atoms with Crippen LogP contribution in [-0.2, 0) is 9.53 Å². The SMILES string of the molecule is COCC(=O)NCCNc1cc(N2CCCC2)ncn1. The molecule has 2 heterocycles. The summed E-state index contributed by atoms with van der Waals surface area (Å²) in [6.07, 6.45) is 4.01. The predicted octanol–water partition coefficient (Wildman–Crippen LogP) is 0.251. The molecule has 7 nitrogen and oxygen atoms in total. The fourth-order valence-corrected chi connectivity index (χ4v) is 2.14. The van der Waals surface area contributed by atoms with Crippen LogP contribution in [0.1, 0.15) is 12.8 Å². The Morgan fingerprint density at radius 1 is 1.35 bits per heavy atom. The van der Waals surface area contributed by atoms with Crippen molar-refractivity contribution < 1.29 is 9.53 Å². The molecular weight excluding hydrogens is 258 g/mol. The second-order valence-electron chi connectivity index (χ2n) is 4.67. The number of hydrogen-bond donors (Lipinski definition) is 2. The standard InChI is InChI=1S/C13H21N5O2/c1-20-9-13(19)15-5-4-14-11-8-12(17-10-16-11)18-6-2-3-7-18/h8,10H,2-7,9H2,1H3,(H,15,19)(H,14,16,17). The van der Waals surface area contributed by atoms with Crippen LogP contribution in [0.3, 0.4) is 0 Å². The summed E-state index contributed by atoms with van der Waals surface area (Å²) in [5.41, 5.74) is 0. The van der Waals surface area contributed by atoms with E-state index in [-0.39, 0.29) is 12.5 Å². The Labute approximate surface area is 118 Å². The summed E-state index contributed by atoms with van der Waals surface area (Å²) in [6, 6.07) is 1.95. The second-order valence-corrected chi connectivity index (χ2v) is 4.67. The number of carbonyl (C=O) groups excluding carboxylic acids is 1. The normalized spacial score (nSPS) is 14.3. The first-order chi connectivity index (χ1) is 9.79. The monoisotopic (exact) mass is 279 g/mol. The van der Waals surface area contributed by atoms with Crippen LogP contribution in [0, 0.1) is 0 Å². The molecule has 0 spiro atoms. The van der Waals surface area contributed by atoms with E-state index in [0.717, 1.165) is 24.7 Å². The van der Waals surface area contributed by atoms with Gasteiger partial charge in [0.25, 0.3) is 0 Å². The Morgan fingerprint density at radius 3 is 2.90 bits per heavy atom. The van der Waals surface area contributed by atoms with Gasteiger partial charge in [-0.05, 0) is 12.8 Å². The maximum Gasteiger partial charge on any atom is 0.246 e. The van der Waals surface area contributed by atoms with Crippen LogP contribution in [0.25, 0.3) is 0 Å². The van der Waals surface area contributed by atoms with Gasteiger partial charge in [0.2, 0.25) is 5.91 Å². The number of amides is 1. The van der Waals surface area contributed by atoms with Crippen molar-refractivity contribution in [1.29, 1.82) is 0 Å². The van der Waals surface area contributed by atoms with Crippen LogP contribution < -0.4 is 15.5 Å². The number of hydrogen-bond acceptors (Lipinski definition) is 6. The van der Waals surface area contributed by atoms with Gasteiger partial charge in [0.05, 0.1) is 0 Å². The van der Waals surface area contributed by atoms with Crippen molar-refractivity contribution in [3.63, 3.8) is 0 Å². The highest BCUT2D eigenvalue weighted by Gasteiger charge is 2.13. The summed E-state index contributed by atoms with van der Waals surface area (Å²) in [5.74, 6) is 1.63. The molecule has 1 aromatic heterocycles. The summed E-state index contributed by atoms with van der Waals surface area (Å²) in [6.45, 7) is 3.36. The molecule has 0 aliphatic carbocycles. The number of ether oxygens (including phenoxy) is 1. The molecule has 2 N–H and O–H groups in total. The van der Waals surface area contributed by atoms with Crippen LogP contribution in [-0.4, -0.2) is 55.8 Å². The van der Waals surface area contributed by atoms with E-state index in [1.54, 1.807) is 6.33 Å². The van der Waals surface area contributed by atoms with Crippen LogP contribution in [0.2, 0.25) is 0 Å². The van der Waals surface area contributed by atoms with Gasteiger partial charge in [-0.2, -0.15) is 0 Å². The molecule has 0 radical (unpaired) electrons. The zero-order chi connectivity index (χ0) is 14.2. The molecular formula is C13H21N5O2. The Bertz CT molecular complexity index is 435. The lowest BCUT2D eigenvalue weighted by molar-refractivity contribution is -0.124. The average Bonchev–Trinajstić information content (AvgIpc) is 2.98. The van der Waals surface area contributed by atoms with E-state index in [1.807, 2.05) is 6.07 Å². The van der Waals surface area contributed by atoms with Crippen molar-refractivity contribution in [1.82, 2.24) is 15.3 Å². The quantitative estimate of drug-likeness (QED) is 0.697. The minimum Gasteiger partial charge on any atom is -0.375 e. The summed E-state index contributed by atoms with van der Waals surface area (Å²) < 4.78 is 4.73. The summed E-state index contributed by atoms with van der Waals surface area (Å²) in [4.78, 5) is 21.9. The minimum atomic E-state index is -0.116. The highest BCUT2D eigenvalue weighted by atomic mass is 16.5. The molecule has 1 fully saturated rings. The van der Waals surface area contributed by atoms with E-state index >= 15 is 0 Å². The fraction of sp³-hybridized carbons (Fsp3) is 0.615. The molecule has 0 aromatic carbocycles. The Balaban J connectivity index is 1.75. The largest absolute Gasteiger partial charge is 0.375 e. The number of nitrogens with one attached hydrogen (secondary N) is 2. The Kier molecular flexibility index (Phi) is 5.55. The van der Waals surface area contributed by atoms with Gasteiger partial charge in [-0.25, -0.2) is 9.97 Å². The van der Waals surface area contributed by atoms with Crippen molar-refractivity contribution in [2.45, 2.75) is 12.8 Å². The third-order valence-corrected chi connectivity index (χ3v) is 3.11. The van der Waals surface area contributed by atoms with Gasteiger partial charge in [0, 0.05) is 39.4 Å². The molecule has 0 atom stereocenters. The third-order valence-electron chi connectivity index (χ3n) is 3.11. The number of nitrogens with zero attached hydrogens (tertiary/aromatic N) is 3. The van der Waals surface area contributed by atoms with E-state index in [2.05, 4.69) is 25.5 Å².